The lowest BCUT2D eigenvalue weighted by molar-refractivity contribution is -0.386. The fourth-order valence-electron chi connectivity index (χ4n) is 1.73. The van der Waals surface area contributed by atoms with Crippen LogP contribution >= 0.6 is 15.9 Å². The van der Waals surface area contributed by atoms with Gasteiger partial charge in [0.05, 0.1) is 17.6 Å². The average molecular weight is 348 g/mol. The van der Waals surface area contributed by atoms with Gasteiger partial charge in [0.15, 0.2) is 0 Å². The minimum atomic E-state index is -0.847. The Morgan fingerprint density at radius 2 is 2.05 bits per heavy atom. The van der Waals surface area contributed by atoms with E-state index >= 15 is 0 Å². The van der Waals surface area contributed by atoms with E-state index in [0.29, 0.717) is 23.2 Å². The van der Waals surface area contributed by atoms with Gasteiger partial charge >= 0.3 is 5.69 Å². The Balaban J connectivity index is 2.92. The van der Waals surface area contributed by atoms with Gasteiger partial charge in [-0.1, -0.05) is 15.9 Å². The molecule has 0 heterocycles. The van der Waals surface area contributed by atoms with Crippen molar-refractivity contribution in [3.8, 4) is 5.75 Å². The molecule has 0 fully saturated rings. The Morgan fingerprint density at radius 1 is 1.40 bits per heavy atom. The topological polar surface area (TPSA) is 81.8 Å². The molecule has 0 aromatic heterocycles. The molecule has 0 spiro atoms. The molecule has 1 unspecified atom stereocenters. The highest BCUT2D eigenvalue weighted by molar-refractivity contribution is 9.10. The van der Waals surface area contributed by atoms with Crippen molar-refractivity contribution in [2.45, 2.75) is 25.9 Å². The summed E-state index contributed by atoms with van der Waals surface area (Å²) in [6.45, 7) is 2.50. The summed E-state index contributed by atoms with van der Waals surface area (Å²) in [5.74, 6) is 0.130. The summed E-state index contributed by atoms with van der Waals surface area (Å²) < 4.78 is 11.0. The number of rotatable bonds is 8. The number of hydrogen-bond donors (Lipinski definition) is 1. The maximum Gasteiger partial charge on any atom is 0.312 e. The van der Waals surface area contributed by atoms with Crippen LogP contribution in [0.2, 0.25) is 0 Å². The number of methoxy groups -OCH3 is 1. The molecule has 1 aromatic carbocycles. The Hall–Kier alpha value is -1.18. The Bertz CT molecular complexity index is 464. The Labute approximate surface area is 126 Å². The average Bonchev–Trinajstić information content (AvgIpc) is 2.38. The van der Waals surface area contributed by atoms with Gasteiger partial charge in [-0.25, -0.2) is 0 Å². The molecule has 1 aromatic rings. The number of unbranched alkanes of at least 4 members (excludes halogenated alkanes) is 1. The normalized spacial score (nSPS) is 12.2. The lowest BCUT2D eigenvalue weighted by Gasteiger charge is -2.14. The number of benzene rings is 1. The lowest BCUT2D eigenvalue weighted by Crippen LogP contribution is -2.06. The van der Waals surface area contributed by atoms with E-state index in [1.807, 2.05) is 0 Å². The quantitative estimate of drug-likeness (QED) is 0.443. The van der Waals surface area contributed by atoms with Gasteiger partial charge in [-0.3, -0.25) is 10.1 Å². The molecule has 0 radical (unpaired) electrons. The first-order valence-electron chi connectivity index (χ1n) is 6.25. The number of nitro benzene ring substituents is 1. The van der Waals surface area contributed by atoms with Crippen LogP contribution in [-0.4, -0.2) is 30.4 Å². The molecular formula is C13H18BrNO5. The van der Waals surface area contributed by atoms with Crippen molar-refractivity contribution >= 4 is 21.6 Å². The monoisotopic (exact) mass is 347 g/mol. The van der Waals surface area contributed by atoms with Gasteiger partial charge in [0.1, 0.15) is 0 Å². The molecule has 0 bridgehead atoms. The first-order chi connectivity index (χ1) is 9.47. The third-order valence-electron chi connectivity index (χ3n) is 2.70. The van der Waals surface area contributed by atoms with Gasteiger partial charge in [0, 0.05) is 29.8 Å². The second-order valence-corrected chi connectivity index (χ2v) is 5.24. The van der Waals surface area contributed by atoms with Crippen molar-refractivity contribution in [3.63, 3.8) is 0 Å². The fraction of sp³-hybridized carbons (Fsp3) is 0.538. The molecule has 0 saturated heterocycles. The summed E-state index contributed by atoms with van der Waals surface area (Å²) >= 11 is 3.20. The van der Waals surface area contributed by atoms with Gasteiger partial charge in [0.25, 0.3) is 0 Å². The highest BCUT2D eigenvalue weighted by Gasteiger charge is 2.23. The van der Waals surface area contributed by atoms with E-state index in [0.717, 1.165) is 12.8 Å². The minimum absolute atomic E-state index is 0.130. The van der Waals surface area contributed by atoms with Crippen molar-refractivity contribution in [2.24, 2.45) is 0 Å². The number of ether oxygens (including phenoxy) is 2. The van der Waals surface area contributed by atoms with Gasteiger partial charge in [-0.05, 0) is 25.8 Å². The predicted molar refractivity (Wildman–Crippen MR) is 78.0 cm³/mol. The van der Waals surface area contributed by atoms with Crippen molar-refractivity contribution in [3.05, 3.63) is 32.3 Å². The zero-order valence-corrected chi connectivity index (χ0v) is 13.1. The molecule has 20 heavy (non-hydrogen) atoms. The number of aliphatic hydroxyl groups excluding tert-OH is 1. The first-order valence-corrected chi connectivity index (χ1v) is 7.04. The molecular weight excluding hydrogens is 330 g/mol. The lowest BCUT2D eigenvalue weighted by atomic mass is 10.1. The highest BCUT2D eigenvalue weighted by atomic mass is 79.9. The molecule has 0 amide bonds. The fourth-order valence-corrected chi connectivity index (χ4v) is 2.19. The van der Waals surface area contributed by atoms with Crippen molar-refractivity contribution in [1.29, 1.82) is 0 Å². The number of nitrogens with zero attached hydrogens (tertiary/aromatic N) is 1. The summed E-state index contributed by atoms with van der Waals surface area (Å²) in [4.78, 5) is 10.6. The van der Waals surface area contributed by atoms with E-state index in [9.17, 15) is 15.2 Å². The van der Waals surface area contributed by atoms with E-state index in [4.69, 9.17) is 9.47 Å². The number of nitro groups is 1. The van der Waals surface area contributed by atoms with E-state index < -0.39 is 11.0 Å². The van der Waals surface area contributed by atoms with E-state index in [2.05, 4.69) is 15.9 Å². The molecule has 0 aliphatic carbocycles. The first kappa shape index (κ1) is 16.9. The Kier molecular flexibility index (Phi) is 6.90. The standard InChI is InChI=1S/C13H18BrNO5/c1-9(16)11-7-10(14)8-12(15(17)18)13(11)20-6-4-3-5-19-2/h7-9,16H,3-6H2,1-2H3. The zero-order valence-electron chi connectivity index (χ0n) is 11.5. The third kappa shape index (κ3) is 4.73. The van der Waals surface area contributed by atoms with Gasteiger partial charge in [-0.15, -0.1) is 0 Å². The minimum Gasteiger partial charge on any atom is -0.487 e. The van der Waals surface area contributed by atoms with Crippen LogP contribution < -0.4 is 4.74 Å². The summed E-state index contributed by atoms with van der Waals surface area (Å²) in [5.41, 5.74) is 0.250. The number of halogens is 1. The maximum atomic E-state index is 11.1. The van der Waals surface area contributed by atoms with Crippen LogP contribution in [0, 0.1) is 10.1 Å². The van der Waals surface area contributed by atoms with E-state index in [1.54, 1.807) is 20.1 Å². The zero-order chi connectivity index (χ0) is 15.1. The summed E-state index contributed by atoms with van der Waals surface area (Å²) in [5, 5.41) is 20.8. The van der Waals surface area contributed by atoms with Gasteiger partial charge in [-0.2, -0.15) is 0 Å². The molecule has 0 aliphatic heterocycles. The number of hydrogen-bond acceptors (Lipinski definition) is 5. The smallest absolute Gasteiger partial charge is 0.312 e. The van der Waals surface area contributed by atoms with Gasteiger partial charge in [0.2, 0.25) is 5.75 Å². The summed E-state index contributed by atoms with van der Waals surface area (Å²) in [6.07, 6.45) is 0.686. The molecule has 6 nitrogen and oxygen atoms in total. The van der Waals surface area contributed by atoms with Crippen LogP contribution in [0.25, 0.3) is 0 Å². The van der Waals surface area contributed by atoms with E-state index in [-0.39, 0.29) is 11.4 Å². The third-order valence-corrected chi connectivity index (χ3v) is 3.16. The SMILES string of the molecule is COCCCCOc1c(C(C)O)cc(Br)cc1[N+](=O)[O-]. The van der Waals surface area contributed by atoms with Crippen LogP contribution in [0.4, 0.5) is 5.69 Å². The van der Waals surface area contributed by atoms with Gasteiger partial charge < -0.3 is 14.6 Å². The van der Waals surface area contributed by atoms with Crippen LogP contribution in [0.15, 0.2) is 16.6 Å². The molecule has 1 N–H and O–H groups in total. The molecule has 7 heteroatoms. The predicted octanol–water partition coefficient (Wildman–Crippen LogP) is 3.22. The van der Waals surface area contributed by atoms with Crippen LogP contribution in [0.3, 0.4) is 0 Å². The molecule has 1 atom stereocenters. The summed E-state index contributed by atoms with van der Waals surface area (Å²) in [6, 6.07) is 3.00. The summed E-state index contributed by atoms with van der Waals surface area (Å²) in [7, 11) is 1.62. The maximum absolute atomic E-state index is 11.1. The van der Waals surface area contributed by atoms with Crippen molar-refractivity contribution in [2.75, 3.05) is 20.3 Å². The largest absolute Gasteiger partial charge is 0.487 e. The molecule has 0 saturated carbocycles. The second kappa shape index (κ2) is 8.18. The van der Waals surface area contributed by atoms with Crippen LogP contribution in [0.1, 0.15) is 31.4 Å². The van der Waals surface area contributed by atoms with Crippen LogP contribution in [-0.2, 0) is 4.74 Å². The van der Waals surface area contributed by atoms with E-state index in [1.165, 1.54) is 6.07 Å². The molecule has 0 aliphatic rings. The highest BCUT2D eigenvalue weighted by Crippen LogP contribution is 2.37. The van der Waals surface area contributed by atoms with Crippen molar-refractivity contribution < 1.29 is 19.5 Å². The molecule has 112 valence electrons. The van der Waals surface area contributed by atoms with Crippen molar-refractivity contribution in [1.82, 2.24) is 0 Å². The second-order valence-electron chi connectivity index (χ2n) is 4.32. The molecule has 1 rings (SSSR count). The number of aliphatic hydroxyl groups is 1. The Morgan fingerprint density at radius 3 is 2.60 bits per heavy atom. The van der Waals surface area contributed by atoms with Crippen LogP contribution in [0.5, 0.6) is 5.75 Å².